The van der Waals surface area contributed by atoms with Gasteiger partial charge < -0.3 is 5.32 Å². The second-order valence-electron chi connectivity index (χ2n) is 0.718. The second kappa shape index (κ2) is 5.18. The molecule has 0 unspecified atom stereocenters. The standard InChI is InChI=1S/C3H5ClNS/c4-1-2-5-3-6/h1-2H2,(H,5,6). The lowest BCUT2D eigenvalue weighted by molar-refractivity contribution is 1.01. The molecule has 0 spiro atoms. The molecule has 0 heterocycles. The Morgan fingerprint density at radius 2 is 2.50 bits per heavy atom. The molecule has 0 fully saturated rings. The predicted molar refractivity (Wildman–Crippen MR) is 31.3 cm³/mol. The summed E-state index contributed by atoms with van der Waals surface area (Å²) in [4.78, 5) is 0. The van der Waals surface area contributed by atoms with Crippen LogP contribution >= 0.6 is 23.8 Å². The number of rotatable bonds is 3. The Morgan fingerprint density at radius 3 is 2.67 bits per heavy atom. The van der Waals surface area contributed by atoms with Crippen molar-refractivity contribution in [2.24, 2.45) is 0 Å². The third-order valence-corrected chi connectivity index (χ3v) is 0.625. The topological polar surface area (TPSA) is 12.0 Å². The molecule has 0 aromatic heterocycles. The molecule has 3 heteroatoms. The van der Waals surface area contributed by atoms with Crippen molar-refractivity contribution in [3.63, 3.8) is 0 Å². The molecule has 0 aromatic carbocycles. The molecule has 35 valence electrons. The Labute approximate surface area is 47.7 Å². The molecule has 6 heavy (non-hydrogen) atoms. The van der Waals surface area contributed by atoms with Crippen LogP contribution in [0.5, 0.6) is 0 Å². The quantitative estimate of drug-likeness (QED) is 0.255. The summed E-state index contributed by atoms with van der Waals surface area (Å²) in [7, 11) is 0. The van der Waals surface area contributed by atoms with Crippen LogP contribution in [0, 0.1) is 0 Å². The fourth-order valence-corrected chi connectivity index (χ4v) is 0.295. The molecular formula is C3H5ClNS. The van der Waals surface area contributed by atoms with Crippen LogP contribution in [0.2, 0.25) is 0 Å². The Morgan fingerprint density at radius 1 is 1.83 bits per heavy atom. The smallest absolute Gasteiger partial charge is 0.134 e. The van der Waals surface area contributed by atoms with E-state index in [2.05, 4.69) is 23.0 Å². The highest BCUT2D eigenvalue weighted by atomic mass is 35.5. The first-order valence-electron chi connectivity index (χ1n) is 1.57. The SMILES string of the molecule is S=[C]NCCCl. The molecule has 0 aliphatic rings. The third kappa shape index (κ3) is 4.18. The van der Waals surface area contributed by atoms with E-state index >= 15 is 0 Å². The van der Waals surface area contributed by atoms with Gasteiger partial charge in [-0.1, -0.05) is 12.2 Å². The summed E-state index contributed by atoms with van der Waals surface area (Å²) < 4.78 is 0. The Balaban J connectivity index is 2.49. The molecule has 0 atom stereocenters. The maximum atomic E-state index is 5.23. The zero-order chi connectivity index (χ0) is 4.83. The van der Waals surface area contributed by atoms with Crippen molar-refractivity contribution in [1.82, 2.24) is 5.32 Å². The fourth-order valence-electron chi connectivity index (χ4n) is 0.0983. The van der Waals surface area contributed by atoms with Crippen LogP contribution in [0.3, 0.4) is 0 Å². The van der Waals surface area contributed by atoms with Crippen molar-refractivity contribution in [2.75, 3.05) is 12.4 Å². The van der Waals surface area contributed by atoms with Crippen molar-refractivity contribution in [2.45, 2.75) is 0 Å². The fraction of sp³-hybridized carbons (Fsp3) is 0.667. The van der Waals surface area contributed by atoms with E-state index in [1.54, 1.807) is 0 Å². The lowest BCUT2D eigenvalue weighted by Crippen LogP contribution is -2.11. The number of alkyl halides is 1. The summed E-state index contributed by atoms with van der Waals surface area (Å²) in [6.07, 6.45) is 0. The zero-order valence-electron chi connectivity index (χ0n) is 3.20. The summed E-state index contributed by atoms with van der Waals surface area (Å²) in [6.45, 7) is 0.713. The average molecular weight is 123 g/mol. The maximum absolute atomic E-state index is 5.23. The normalized spacial score (nSPS) is 7.50. The van der Waals surface area contributed by atoms with E-state index in [4.69, 9.17) is 11.6 Å². The van der Waals surface area contributed by atoms with Crippen molar-refractivity contribution in [3.8, 4) is 0 Å². The monoisotopic (exact) mass is 122 g/mol. The molecule has 0 aromatic rings. The van der Waals surface area contributed by atoms with Gasteiger partial charge in [-0.15, -0.1) is 11.6 Å². The van der Waals surface area contributed by atoms with Gasteiger partial charge in [0.15, 0.2) is 0 Å². The van der Waals surface area contributed by atoms with Gasteiger partial charge in [-0.05, 0) is 0 Å². The van der Waals surface area contributed by atoms with E-state index in [-0.39, 0.29) is 0 Å². The van der Waals surface area contributed by atoms with Crippen molar-refractivity contribution < 1.29 is 0 Å². The minimum atomic E-state index is 0.587. The molecule has 1 radical (unpaired) electrons. The van der Waals surface area contributed by atoms with Crippen LogP contribution in [0.15, 0.2) is 0 Å². The minimum Gasteiger partial charge on any atom is -0.373 e. The second-order valence-corrected chi connectivity index (χ2v) is 1.30. The number of hydrogen-bond acceptors (Lipinski definition) is 1. The zero-order valence-corrected chi connectivity index (χ0v) is 4.77. The van der Waals surface area contributed by atoms with E-state index in [0.717, 1.165) is 0 Å². The average Bonchev–Trinajstić information content (AvgIpc) is 1.61. The van der Waals surface area contributed by atoms with Gasteiger partial charge in [-0.25, -0.2) is 0 Å². The molecule has 0 saturated heterocycles. The van der Waals surface area contributed by atoms with Gasteiger partial charge in [0.2, 0.25) is 0 Å². The highest BCUT2D eigenvalue weighted by Gasteiger charge is 1.70. The minimum absolute atomic E-state index is 0.587. The van der Waals surface area contributed by atoms with Gasteiger partial charge in [0.1, 0.15) is 5.49 Å². The molecule has 0 rings (SSSR count). The first-order chi connectivity index (χ1) is 2.91. The van der Waals surface area contributed by atoms with Gasteiger partial charge >= 0.3 is 0 Å². The van der Waals surface area contributed by atoms with E-state index < -0.39 is 0 Å². The molecule has 1 nitrogen and oxygen atoms in total. The van der Waals surface area contributed by atoms with Crippen LogP contribution in [0.4, 0.5) is 0 Å². The predicted octanol–water partition coefficient (Wildman–Crippen LogP) is 0.649. The summed E-state index contributed by atoms with van der Waals surface area (Å²) in [5.41, 5.74) is 2.32. The van der Waals surface area contributed by atoms with Crippen LogP contribution in [0.25, 0.3) is 0 Å². The van der Waals surface area contributed by atoms with E-state index in [0.29, 0.717) is 12.4 Å². The summed E-state index contributed by atoms with van der Waals surface area (Å²) in [5, 5.41) is 2.63. The first kappa shape index (κ1) is 6.18. The number of nitrogens with one attached hydrogen (secondary N) is 1. The van der Waals surface area contributed by atoms with E-state index in [1.165, 1.54) is 0 Å². The van der Waals surface area contributed by atoms with Crippen molar-refractivity contribution in [3.05, 3.63) is 0 Å². The number of hydrogen-bond donors (Lipinski definition) is 1. The lowest BCUT2D eigenvalue weighted by Gasteiger charge is -1.85. The molecule has 0 amide bonds. The summed E-state index contributed by atoms with van der Waals surface area (Å²) in [5.74, 6) is 0.587. The van der Waals surface area contributed by atoms with Crippen LogP contribution in [-0.2, 0) is 0 Å². The van der Waals surface area contributed by atoms with E-state index in [1.807, 2.05) is 0 Å². The highest BCUT2D eigenvalue weighted by Crippen LogP contribution is 1.65. The summed E-state index contributed by atoms with van der Waals surface area (Å²) in [6, 6.07) is 0. The molecule has 0 aliphatic carbocycles. The molecule has 0 aliphatic heterocycles. The van der Waals surface area contributed by atoms with Gasteiger partial charge in [0.25, 0.3) is 0 Å². The van der Waals surface area contributed by atoms with E-state index in [9.17, 15) is 0 Å². The van der Waals surface area contributed by atoms with Gasteiger partial charge in [0.05, 0.1) is 0 Å². The number of halogens is 1. The largest absolute Gasteiger partial charge is 0.373 e. The summed E-state index contributed by atoms with van der Waals surface area (Å²) >= 11 is 9.53. The molecule has 0 bridgehead atoms. The van der Waals surface area contributed by atoms with Gasteiger partial charge in [-0.3, -0.25) is 0 Å². The van der Waals surface area contributed by atoms with Gasteiger partial charge in [-0.2, -0.15) is 0 Å². The van der Waals surface area contributed by atoms with Crippen molar-refractivity contribution >= 4 is 29.3 Å². The Hall–Kier alpha value is 0.180. The lowest BCUT2D eigenvalue weighted by atomic mass is 10.8. The number of thiocarbonyl (C=S) groups is 1. The first-order valence-corrected chi connectivity index (χ1v) is 2.52. The van der Waals surface area contributed by atoms with Crippen LogP contribution in [0.1, 0.15) is 0 Å². The van der Waals surface area contributed by atoms with Crippen molar-refractivity contribution in [1.29, 1.82) is 0 Å². The van der Waals surface area contributed by atoms with Gasteiger partial charge in [0, 0.05) is 12.4 Å². The van der Waals surface area contributed by atoms with Crippen LogP contribution in [-0.4, -0.2) is 17.9 Å². The Kier molecular flexibility index (Phi) is 5.34. The van der Waals surface area contributed by atoms with Crippen LogP contribution < -0.4 is 5.32 Å². The molecular weight excluding hydrogens is 118 g/mol. The Bertz CT molecular complexity index is 39.8. The third-order valence-electron chi connectivity index (χ3n) is 0.292. The molecule has 1 N–H and O–H groups in total. The maximum Gasteiger partial charge on any atom is 0.134 e. The highest BCUT2D eigenvalue weighted by molar-refractivity contribution is 7.78. The molecule has 0 saturated carbocycles.